The smallest absolute Gasteiger partial charge is 0.238 e. The molecule has 23 heavy (non-hydrogen) atoms. The average Bonchev–Trinajstić information content (AvgIpc) is 2.55. The van der Waals surface area contributed by atoms with E-state index in [0.29, 0.717) is 5.56 Å². The molecule has 5 nitrogen and oxygen atoms in total. The molecule has 2 N–H and O–H groups in total. The first-order chi connectivity index (χ1) is 11.0. The summed E-state index contributed by atoms with van der Waals surface area (Å²) < 4.78 is 23.7. The molecule has 0 spiro atoms. The number of sulfonamides is 1. The van der Waals surface area contributed by atoms with Crippen LogP contribution in [0.5, 0.6) is 0 Å². The number of rotatable bonds is 3. The van der Waals surface area contributed by atoms with Crippen LogP contribution in [0.25, 0.3) is 11.1 Å². The van der Waals surface area contributed by atoms with Crippen molar-refractivity contribution in [2.45, 2.75) is 31.1 Å². The number of benzene rings is 1. The summed E-state index contributed by atoms with van der Waals surface area (Å²) >= 11 is 0. The fourth-order valence-electron chi connectivity index (χ4n) is 3.26. The highest BCUT2D eigenvalue weighted by atomic mass is 32.2. The zero-order valence-electron chi connectivity index (χ0n) is 13.2. The lowest BCUT2D eigenvalue weighted by Gasteiger charge is -2.31. The van der Waals surface area contributed by atoms with Crippen molar-refractivity contribution in [2.75, 3.05) is 18.0 Å². The van der Waals surface area contributed by atoms with Crippen molar-refractivity contribution in [1.29, 1.82) is 0 Å². The molecule has 1 fully saturated rings. The number of nitrogens with two attached hydrogens (primary N) is 1. The van der Waals surface area contributed by atoms with Gasteiger partial charge in [0.25, 0.3) is 0 Å². The Morgan fingerprint density at radius 3 is 2.48 bits per heavy atom. The van der Waals surface area contributed by atoms with Crippen molar-refractivity contribution in [3.63, 3.8) is 0 Å². The van der Waals surface area contributed by atoms with Gasteiger partial charge in [-0.25, -0.2) is 13.6 Å². The maximum Gasteiger partial charge on any atom is 0.238 e. The normalized spacial score (nSPS) is 15.7. The van der Waals surface area contributed by atoms with Crippen LogP contribution in [0.1, 0.15) is 24.8 Å². The molecular weight excluding hydrogens is 310 g/mol. The minimum Gasteiger partial charge on any atom is -0.371 e. The Morgan fingerprint density at radius 2 is 1.87 bits per heavy atom. The van der Waals surface area contributed by atoms with E-state index in [0.717, 1.165) is 42.7 Å². The van der Waals surface area contributed by atoms with Crippen LogP contribution in [0.3, 0.4) is 0 Å². The van der Waals surface area contributed by atoms with Crippen molar-refractivity contribution in [3.8, 4) is 11.1 Å². The quantitative estimate of drug-likeness (QED) is 0.938. The second-order valence-electron chi connectivity index (χ2n) is 5.92. The molecule has 0 aliphatic carbocycles. The fraction of sp³-hybridized carbons (Fsp3) is 0.353. The molecule has 0 atom stereocenters. The Morgan fingerprint density at radius 1 is 1.13 bits per heavy atom. The SMILES string of the molecule is Cc1c(S(N)(=O)=O)ccc(N2CCCCC2)c1-c1cccnc1. The topological polar surface area (TPSA) is 76.3 Å². The predicted octanol–water partition coefficient (Wildman–Crippen LogP) is 2.69. The number of hydrogen-bond acceptors (Lipinski definition) is 4. The molecule has 0 amide bonds. The molecule has 1 aliphatic heterocycles. The Hall–Kier alpha value is -1.92. The summed E-state index contributed by atoms with van der Waals surface area (Å²) in [6.45, 7) is 3.79. The number of anilines is 1. The summed E-state index contributed by atoms with van der Waals surface area (Å²) in [7, 11) is -3.75. The molecule has 2 heterocycles. The Kier molecular flexibility index (Phi) is 4.37. The van der Waals surface area contributed by atoms with Crippen LogP contribution >= 0.6 is 0 Å². The first kappa shape index (κ1) is 16.0. The number of nitrogens with zero attached hydrogens (tertiary/aromatic N) is 2. The number of aromatic nitrogens is 1. The Labute approximate surface area is 137 Å². The van der Waals surface area contributed by atoms with Gasteiger partial charge in [-0.15, -0.1) is 0 Å². The van der Waals surface area contributed by atoms with Crippen molar-refractivity contribution in [1.82, 2.24) is 4.98 Å². The molecule has 3 rings (SSSR count). The highest BCUT2D eigenvalue weighted by Crippen LogP contribution is 2.37. The van der Waals surface area contributed by atoms with Crippen LogP contribution in [-0.2, 0) is 10.0 Å². The largest absolute Gasteiger partial charge is 0.371 e. The van der Waals surface area contributed by atoms with Crippen molar-refractivity contribution in [2.24, 2.45) is 5.14 Å². The first-order valence-corrected chi connectivity index (χ1v) is 9.35. The molecular formula is C17H21N3O2S. The van der Waals surface area contributed by atoms with E-state index in [1.165, 1.54) is 6.42 Å². The van der Waals surface area contributed by atoms with Gasteiger partial charge in [-0.1, -0.05) is 6.07 Å². The third kappa shape index (κ3) is 3.23. The maximum absolute atomic E-state index is 11.9. The molecule has 122 valence electrons. The predicted molar refractivity (Wildman–Crippen MR) is 91.8 cm³/mol. The monoisotopic (exact) mass is 331 g/mol. The van der Waals surface area contributed by atoms with E-state index in [1.54, 1.807) is 18.5 Å². The van der Waals surface area contributed by atoms with E-state index in [2.05, 4.69) is 9.88 Å². The summed E-state index contributed by atoms with van der Waals surface area (Å²) in [6, 6.07) is 7.31. The summed E-state index contributed by atoms with van der Waals surface area (Å²) in [6.07, 6.45) is 7.03. The second kappa shape index (κ2) is 6.29. The van der Waals surface area contributed by atoms with Gasteiger partial charge in [-0.05, 0) is 49.9 Å². The summed E-state index contributed by atoms with van der Waals surface area (Å²) in [5.41, 5.74) is 3.56. The minimum atomic E-state index is -3.75. The van der Waals surface area contributed by atoms with Crippen LogP contribution in [0.2, 0.25) is 0 Å². The van der Waals surface area contributed by atoms with E-state index in [4.69, 9.17) is 5.14 Å². The summed E-state index contributed by atoms with van der Waals surface area (Å²) in [5.74, 6) is 0. The first-order valence-electron chi connectivity index (χ1n) is 7.80. The van der Waals surface area contributed by atoms with Crippen molar-refractivity contribution in [3.05, 3.63) is 42.2 Å². The number of primary sulfonamides is 1. The van der Waals surface area contributed by atoms with Crippen molar-refractivity contribution < 1.29 is 8.42 Å². The standard InChI is InChI=1S/C17H21N3O2S/c1-13-16(23(18,21)22)8-7-15(20-10-3-2-4-11-20)17(13)14-6-5-9-19-12-14/h5-9,12H,2-4,10-11H2,1H3,(H2,18,21,22). The van der Waals surface area contributed by atoms with Gasteiger partial charge in [0, 0.05) is 42.3 Å². The van der Waals surface area contributed by atoms with Gasteiger partial charge in [0.1, 0.15) is 0 Å². The van der Waals surface area contributed by atoms with Crippen LogP contribution < -0.4 is 10.0 Å². The van der Waals surface area contributed by atoms with Gasteiger partial charge in [0.2, 0.25) is 10.0 Å². The van der Waals surface area contributed by atoms with E-state index in [-0.39, 0.29) is 4.90 Å². The zero-order valence-corrected chi connectivity index (χ0v) is 14.0. The third-order valence-corrected chi connectivity index (χ3v) is 5.40. The van der Waals surface area contributed by atoms with Crippen LogP contribution in [0.15, 0.2) is 41.6 Å². The molecule has 6 heteroatoms. The molecule has 0 bridgehead atoms. The third-order valence-electron chi connectivity index (χ3n) is 4.35. The lowest BCUT2D eigenvalue weighted by Crippen LogP contribution is -2.30. The molecule has 1 aromatic carbocycles. The molecule has 0 unspecified atom stereocenters. The van der Waals surface area contributed by atoms with E-state index in [9.17, 15) is 8.42 Å². The van der Waals surface area contributed by atoms with Crippen LogP contribution in [0, 0.1) is 6.92 Å². The van der Waals surface area contributed by atoms with E-state index in [1.807, 2.05) is 25.1 Å². The van der Waals surface area contributed by atoms with Crippen molar-refractivity contribution >= 4 is 15.7 Å². The lowest BCUT2D eigenvalue weighted by molar-refractivity contribution is 0.577. The zero-order chi connectivity index (χ0) is 16.4. The molecule has 2 aromatic rings. The highest BCUT2D eigenvalue weighted by Gasteiger charge is 2.22. The lowest BCUT2D eigenvalue weighted by atomic mass is 9.97. The average molecular weight is 331 g/mol. The van der Waals surface area contributed by atoms with Gasteiger partial charge < -0.3 is 4.90 Å². The molecule has 0 saturated carbocycles. The number of pyridine rings is 1. The van der Waals surface area contributed by atoms with Gasteiger partial charge in [0.05, 0.1) is 4.90 Å². The Bertz CT molecular complexity index is 798. The minimum absolute atomic E-state index is 0.178. The number of hydrogen-bond donors (Lipinski definition) is 1. The Balaban J connectivity index is 2.22. The van der Waals surface area contributed by atoms with E-state index < -0.39 is 10.0 Å². The van der Waals surface area contributed by atoms with Crippen LogP contribution in [-0.4, -0.2) is 26.5 Å². The maximum atomic E-state index is 11.9. The van der Waals surface area contributed by atoms with Gasteiger partial charge in [-0.3, -0.25) is 4.98 Å². The molecule has 1 aliphatic rings. The van der Waals surface area contributed by atoms with Crippen LogP contribution in [0.4, 0.5) is 5.69 Å². The van der Waals surface area contributed by atoms with Gasteiger partial charge >= 0.3 is 0 Å². The van der Waals surface area contributed by atoms with Gasteiger partial charge in [0.15, 0.2) is 0 Å². The second-order valence-corrected chi connectivity index (χ2v) is 7.45. The fourth-order valence-corrected chi connectivity index (χ4v) is 4.05. The molecule has 1 aromatic heterocycles. The van der Waals surface area contributed by atoms with E-state index >= 15 is 0 Å². The molecule has 0 radical (unpaired) electrons. The summed E-state index contributed by atoms with van der Waals surface area (Å²) in [5, 5.41) is 5.38. The highest BCUT2D eigenvalue weighted by molar-refractivity contribution is 7.89. The van der Waals surface area contributed by atoms with Gasteiger partial charge in [-0.2, -0.15) is 0 Å². The number of piperidine rings is 1. The molecule has 1 saturated heterocycles. The summed E-state index contributed by atoms with van der Waals surface area (Å²) in [4.78, 5) is 6.68.